The first kappa shape index (κ1) is 18.4. The summed E-state index contributed by atoms with van der Waals surface area (Å²) in [6.45, 7) is 4.04. The number of hydrogen-bond acceptors (Lipinski definition) is 3. The smallest absolute Gasteiger partial charge is 0.119 e. The van der Waals surface area contributed by atoms with Crippen molar-refractivity contribution in [2.75, 3.05) is 26.2 Å². The predicted molar refractivity (Wildman–Crippen MR) is 110 cm³/mol. The van der Waals surface area contributed by atoms with Crippen molar-refractivity contribution in [1.29, 1.82) is 0 Å². The van der Waals surface area contributed by atoms with Crippen LogP contribution in [-0.2, 0) is 19.3 Å². The summed E-state index contributed by atoms with van der Waals surface area (Å²) < 4.78 is 5.79. The number of hydrogen-bond donors (Lipinski definition) is 1. The van der Waals surface area contributed by atoms with Gasteiger partial charge in [-0.2, -0.15) is 0 Å². The lowest BCUT2D eigenvalue weighted by atomic mass is 9.86. The van der Waals surface area contributed by atoms with Crippen LogP contribution in [0.15, 0.2) is 42.5 Å². The Bertz CT molecular complexity index is 733. The van der Waals surface area contributed by atoms with Gasteiger partial charge in [0.15, 0.2) is 0 Å². The van der Waals surface area contributed by atoms with Crippen LogP contribution in [0.4, 0.5) is 0 Å². The molecule has 1 heterocycles. The fraction of sp³-hybridized carbons (Fsp3) is 0.500. The van der Waals surface area contributed by atoms with E-state index in [1.807, 2.05) is 12.1 Å². The van der Waals surface area contributed by atoms with Gasteiger partial charge < -0.3 is 9.84 Å². The number of phenolic OH excluding ortho intramolecular Hbond substituents is 1. The van der Waals surface area contributed by atoms with E-state index in [0.717, 1.165) is 18.2 Å². The Kier molecular flexibility index (Phi) is 5.98. The molecule has 144 valence electrons. The van der Waals surface area contributed by atoms with Crippen molar-refractivity contribution in [2.24, 2.45) is 5.92 Å². The second kappa shape index (κ2) is 8.79. The molecule has 4 rings (SSSR count). The standard InChI is InChI=1S/C24H31NO2/c26-23-7-9-24(10-8-23)27-16-15-25-13-11-19(12-14-25)17-20-5-6-21-3-1-2-4-22(21)18-20/h5-10,18-19,26H,1-4,11-17H2. The van der Waals surface area contributed by atoms with Crippen molar-refractivity contribution < 1.29 is 9.84 Å². The average Bonchev–Trinajstić information content (AvgIpc) is 2.71. The lowest BCUT2D eigenvalue weighted by Crippen LogP contribution is -2.37. The van der Waals surface area contributed by atoms with E-state index in [9.17, 15) is 5.11 Å². The van der Waals surface area contributed by atoms with E-state index in [2.05, 4.69) is 23.1 Å². The second-order valence-electron chi connectivity index (χ2n) is 8.14. The van der Waals surface area contributed by atoms with E-state index in [1.165, 1.54) is 58.0 Å². The maximum Gasteiger partial charge on any atom is 0.119 e. The minimum atomic E-state index is 0.281. The molecule has 0 atom stereocenters. The molecule has 0 unspecified atom stereocenters. The van der Waals surface area contributed by atoms with Crippen molar-refractivity contribution in [3.05, 3.63) is 59.2 Å². The first-order chi connectivity index (χ1) is 13.3. The molecule has 2 aromatic carbocycles. The van der Waals surface area contributed by atoms with Crippen LogP contribution < -0.4 is 4.74 Å². The molecule has 0 bridgehead atoms. The third-order valence-corrected chi connectivity index (χ3v) is 6.16. The van der Waals surface area contributed by atoms with Crippen LogP contribution in [0.3, 0.4) is 0 Å². The van der Waals surface area contributed by atoms with Crippen molar-refractivity contribution in [1.82, 2.24) is 4.90 Å². The Hall–Kier alpha value is -2.00. The number of nitrogens with zero attached hydrogens (tertiary/aromatic N) is 1. The molecule has 1 aliphatic carbocycles. The Morgan fingerprint density at radius 1 is 0.926 bits per heavy atom. The predicted octanol–water partition coefficient (Wildman–Crippen LogP) is 4.60. The molecule has 27 heavy (non-hydrogen) atoms. The zero-order chi connectivity index (χ0) is 18.5. The van der Waals surface area contributed by atoms with Gasteiger partial charge in [0.1, 0.15) is 18.1 Å². The van der Waals surface area contributed by atoms with Crippen LogP contribution >= 0.6 is 0 Å². The maximum atomic E-state index is 9.31. The number of piperidine rings is 1. The van der Waals surface area contributed by atoms with Gasteiger partial charge in [0, 0.05) is 6.54 Å². The summed E-state index contributed by atoms with van der Waals surface area (Å²) in [6.07, 6.45) is 9.10. The molecule has 0 aromatic heterocycles. The third-order valence-electron chi connectivity index (χ3n) is 6.16. The van der Waals surface area contributed by atoms with Crippen molar-refractivity contribution in [3.63, 3.8) is 0 Å². The molecule has 0 spiro atoms. The Morgan fingerprint density at radius 2 is 1.67 bits per heavy atom. The highest BCUT2D eigenvalue weighted by molar-refractivity contribution is 5.34. The SMILES string of the molecule is Oc1ccc(OCCN2CCC(Cc3ccc4c(c3)CCCC4)CC2)cc1. The van der Waals surface area contributed by atoms with Crippen LogP contribution in [0.25, 0.3) is 0 Å². The Morgan fingerprint density at radius 3 is 2.44 bits per heavy atom. The van der Waals surface area contributed by atoms with Gasteiger partial charge in [0.2, 0.25) is 0 Å². The van der Waals surface area contributed by atoms with Crippen LogP contribution in [0.1, 0.15) is 42.4 Å². The number of phenols is 1. The van der Waals surface area contributed by atoms with Gasteiger partial charge in [-0.05, 0) is 105 Å². The molecule has 3 nitrogen and oxygen atoms in total. The van der Waals surface area contributed by atoms with Gasteiger partial charge in [-0.25, -0.2) is 0 Å². The topological polar surface area (TPSA) is 32.7 Å². The minimum absolute atomic E-state index is 0.281. The number of ether oxygens (including phenoxy) is 1. The molecule has 3 heteroatoms. The fourth-order valence-corrected chi connectivity index (χ4v) is 4.50. The highest BCUT2D eigenvalue weighted by atomic mass is 16.5. The van der Waals surface area contributed by atoms with Gasteiger partial charge in [0.05, 0.1) is 0 Å². The van der Waals surface area contributed by atoms with E-state index in [0.29, 0.717) is 6.61 Å². The summed E-state index contributed by atoms with van der Waals surface area (Å²) in [6, 6.07) is 14.2. The summed E-state index contributed by atoms with van der Waals surface area (Å²) in [5, 5.41) is 9.31. The van der Waals surface area contributed by atoms with E-state index >= 15 is 0 Å². The summed E-state index contributed by atoms with van der Waals surface area (Å²) in [4.78, 5) is 2.52. The van der Waals surface area contributed by atoms with Crippen LogP contribution in [0, 0.1) is 5.92 Å². The molecule has 1 saturated heterocycles. The van der Waals surface area contributed by atoms with Crippen molar-refractivity contribution in [2.45, 2.75) is 44.9 Å². The molecule has 0 radical (unpaired) electrons. The summed E-state index contributed by atoms with van der Waals surface area (Å²) >= 11 is 0. The molecule has 2 aliphatic rings. The Balaban J connectivity index is 1.19. The quantitative estimate of drug-likeness (QED) is 0.812. The highest BCUT2D eigenvalue weighted by Gasteiger charge is 2.20. The van der Waals surface area contributed by atoms with Crippen LogP contribution in [0.2, 0.25) is 0 Å². The molecule has 1 N–H and O–H groups in total. The van der Waals surface area contributed by atoms with Gasteiger partial charge in [-0.3, -0.25) is 4.90 Å². The molecule has 1 aliphatic heterocycles. The number of aromatic hydroxyl groups is 1. The summed E-state index contributed by atoms with van der Waals surface area (Å²) in [7, 11) is 0. The van der Waals surface area contributed by atoms with Crippen molar-refractivity contribution >= 4 is 0 Å². The number of aryl methyl sites for hydroxylation is 2. The molecular weight excluding hydrogens is 334 g/mol. The summed E-state index contributed by atoms with van der Waals surface area (Å²) in [5.74, 6) is 1.93. The zero-order valence-electron chi connectivity index (χ0n) is 16.2. The normalized spacial score (nSPS) is 18.2. The first-order valence-electron chi connectivity index (χ1n) is 10.5. The van der Waals surface area contributed by atoms with Gasteiger partial charge in [-0.1, -0.05) is 18.2 Å². The molecule has 0 amide bonds. The highest BCUT2D eigenvalue weighted by Crippen LogP contribution is 2.26. The number of benzene rings is 2. The van der Waals surface area contributed by atoms with E-state index in [-0.39, 0.29) is 5.75 Å². The maximum absolute atomic E-state index is 9.31. The fourth-order valence-electron chi connectivity index (χ4n) is 4.50. The monoisotopic (exact) mass is 365 g/mol. The molecular formula is C24H31NO2. The largest absolute Gasteiger partial charge is 0.508 e. The third kappa shape index (κ3) is 5.04. The van der Waals surface area contributed by atoms with E-state index in [4.69, 9.17) is 4.74 Å². The minimum Gasteiger partial charge on any atom is -0.508 e. The Labute approximate surface area is 163 Å². The molecule has 2 aromatic rings. The lowest BCUT2D eigenvalue weighted by molar-refractivity contribution is 0.155. The molecule has 1 fully saturated rings. The van der Waals surface area contributed by atoms with E-state index < -0.39 is 0 Å². The number of likely N-dealkylation sites (tertiary alicyclic amines) is 1. The molecule has 0 saturated carbocycles. The number of fused-ring (bicyclic) bond motifs is 1. The lowest BCUT2D eigenvalue weighted by Gasteiger charge is -2.32. The average molecular weight is 366 g/mol. The van der Waals surface area contributed by atoms with Gasteiger partial charge >= 0.3 is 0 Å². The second-order valence-corrected chi connectivity index (χ2v) is 8.14. The number of rotatable bonds is 6. The van der Waals surface area contributed by atoms with Crippen LogP contribution in [-0.4, -0.2) is 36.2 Å². The summed E-state index contributed by atoms with van der Waals surface area (Å²) in [5.41, 5.74) is 4.75. The zero-order valence-corrected chi connectivity index (χ0v) is 16.2. The van der Waals surface area contributed by atoms with Crippen LogP contribution in [0.5, 0.6) is 11.5 Å². The van der Waals surface area contributed by atoms with Gasteiger partial charge in [-0.15, -0.1) is 0 Å². The van der Waals surface area contributed by atoms with E-state index in [1.54, 1.807) is 28.8 Å². The van der Waals surface area contributed by atoms with Gasteiger partial charge in [0.25, 0.3) is 0 Å². The van der Waals surface area contributed by atoms with Crippen molar-refractivity contribution in [3.8, 4) is 11.5 Å². The first-order valence-corrected chi connectivity index (χ1v) is 10.5.